The second-order valence-electron chi connectivity index (χ2n) is 6.56. The van der Waals surface area contributed by atoms with Gasteiger partial charge in [0.15, 0.2) is 4.77 Å². The maximum atomic E-state index is 10.5. The van der Waals surface area contributed by atoms with Crippen LogP contribution in [-0.4, -0.2) is 19.2 Å². The van der Waals surface area contributed by atoms with Crippen LogP contribution in [-0.2, 0) is 13.5 Å². The minimum absolute atomic E-state index is 0.0783. The zero-order valence-electron chi connectivity index (χ0n) is 13.5. The molecule has 120 valence electrons. The summed E-state index contributed by atoms with van der Waals surface area (Å²) in [6.45, 7) is 2.13. The summed E-state index contributed by atoms with van der Waals surface area (Å²) >= 11 is 5.52. The molecule has 0 amide bonds. The molecule has 1 aliphatic rings. The lowest BCUT2D eigenvalue weighted by Gasteiger charge is -2.23. The zero-order valence-corrected chi connectivity index (χ0v) is 14.3. The standard InChI is InChI=1S/C19H17N3OS/c1-10-17-13(9-15-18(23)21(2)19(24)22(10)15)16-12-6-4-3-5-11(12)7-8-14(16)20-17/h3-8,10,20,23H,9H2,1-2H3/t10-/m0/s1. The van der Waals surface area contributed by atoms with E-state index in [1.165, 1.54) is 27.4 Å². The van der Waals surface area contributed by atoms with E-state index >= 15 is 0 Å². The molecule has 1 atom stereocenters. The highest BCUT2D eigenvalue weighted by atomic mass is 32.1. The van der Waals surface area contributed by atoms with Gasteiger partial charge in [0.1, 0.15) is 0 Å². The number of fused-ring (bicyclic) bond motifs is 6. The van der Waals surface area contributed by atoms with E-state index in [4.69, 9.17) is 12.2 Å². The van der Waals surface area contributed by atoms with E-state index in [9.17, 15) is 5.11 Å². The average Bonchev–Trinajstić information content (AvgIpc) is 3.08. The third-order valence-corrected chi connectivity index (χ3v) is 5.80. The summed E-state index contributed by atoms with van der Waals surface area (Å²) in [5.74, 6) is 0.270. The number of nitrogens with one attached hydrogen (secondary N) is 1. The molecule has 0 saturated heterocycles. The lowest BCUT2D eigenvalue weighted by atomic mass is 9.95. The van der Waals surface area contributed by atoms with Gasteiger partial charge in [-0.05, 0) is 41.5 Å². The van der Waals surface area contributed by atoms with Crippen molar-refractivity contribution in [3.63, 3.8) is 0 Å². The minimum atomic E-state index is 0.0783. The highest BCUT2D eigenvalue weighted by Crippen LogP contribution is 2.41. The molecule has 0 bridgehead atoms. The van der Waals surface area contributed by atoms with Crippen LogP contribution in [0.15, 0.2) is 36.4 Å². The Hall–Kier alpha value is -2.53. The number of hydrogen-bond acceptors (Lipinski definition) is 2. The van der Waals surface area contributed by atoms with Crippen LogP contribution in [0.5, 0.6) is 5.88 Å². The van der Waals surface area contributed by atoms with E-state index in [0.29, 0.717) is 11.2 Å². The van der Waals surface area contributed by atoms with Crippen molar-refractivity contribution in [1.82, 2.24) is 14.1 Å². The number of imidazole rings is 1. The molecule has 4 aromatic rings. The van der Waals surface area contributed by atoms with Crippen LogP contribution in [0.2, 0.25) is 0 Å². The molecular weight excluding hydrogens is 318 g/mol. The first-order valence-electron chi connectivity index (χ1n) is 8.09. The molecule has 5 heteroatoms. The molecule has 3 heterocycles. The van der Waals surface area contributed by atoms with E-state index < -0.39 is 0 Å². The van der Waals surface area contributed by atoms with E-state index in [-0.39, 0.29) is 11.9 Å². The fourth-order valence-electron chi connectivity index (χ4n) is 4.13. The van der Waals surface area contributed by atoms with Crippen LogP contribution in [0, 0.1) is 4.77 Å². The van der Waals surface area contributed by atoms with Gasteiger partial charge in [0, 0.05) is 30.1 Å². The molecule has 5 rings (SSSR count). The monoisotopic (exact) mass is 335 g/mol. The highest BCUT2D eigenvalue weighted by Gasteiger charge is 2.30. The predicted molar refractivity (Wildman–Crippen MR) is 98.3 cm³/mol. The van der Waals surface area contributed by atoms with Gasteiger partial charge in [-0.2, -0.15) is 0 Å². The maximum Gasteiger partial charge on any atom is 0.213 e. The van der Waals surface area contributed by atoms with Crippen molar-refractivity contribution in [2.24, 2.45) is 7.05 Å². The SMILES string of the molecule is C[C@H]1c2[nH]c3ccc4ccccc4c3c2Cc2c(O)n(C)c(=S)n21. The fourth-order valence-corrected chi connectivity index (χ4v) is 4.48. The van der Waals surface area contributed by atoms with Crippen LogP contribution in [0.4, 0.5) is 0 Å². The Morgan fingerprint density at radius 1 is 1.21 bits per heavy atom. The second kappa shape index (κ2) is 4.51. The number of aromatic nitrogens is 3. The van der Waals surface area contributed by atoms with E-state index in [1.54, 1.807) is 4.57 Å². The summed E-state index contributed by atoms with van der Waals surface area (Å²) in [5.41, 5.74) is 4.50. The van der Waals surface area contributed by atoms with Crippen molar-refractivity contribution in [3.05, 3.63) is 58.1 Å². The van der Waals surface area contributed by atoms with Gasteiger partial charge in [-0.1, -0.05) is 30.3 Å². The van der Waals surface area contributed by atoms with Gasteiger partial charge in [0.2, 0.25) is 5.88 Å². The Morgan fingerprint density at radius 2 is 2.00 bits per heavy atom. The topological polar surface area (TPSA) is 45.9 Å². The van der Waals surface area contributed by atoms with Crippen molar-refractivity contribution in [1.29, 1.82) is 0 Å². The summed E-state index contributed by atoms with van der Waals surface area (Å²) in [6, 6.07) is 12.8. The number of H-pyrrole nitrogens is 1. The van der Waals surface area contributed by atoms with Gasteiger partial charge >= 0.3 is 0 Å². The molecule has 0 unspecified atom stereocenters. The first-order valence-corrected chi connectivity index (χ1v) is 8.50. The van der Waals surface area contributed by atoms with Crippen LogP contribution in [0.1, 0.15) is 29.9 Å². The first kappa shape index (κ1) is 13.9. The molecule has 0 fully saturated rings. The van der Waals surface area contributed by atoms with Crippen molar-refractivity contribution in [3.8, 4) is 5.88 Å². The number of aromatic amines is 1. The number of hydrogen-bond donors (Lipinski definition) is 2. The smallest absolute Gasteiger partial charge is 0.213 e. The van der Waals surface area contributed by atoms with Crippen molar-refractivity contribution >= 4 is 33.9 Å². The lowest BCUT2D eigenvalue weighted by Crippen LogP contribution is -2.18. The second-order valence-corrected chi connectivity index (χ2v) is 6.93. The van der Waals surface area contributed by atoms with Gasteiger partial charge in [0.25, 0.3) is 0 Å². The summed E-state index contributed by atoms with van der Waals surface area (Å²) in [6.07, 6.45) is 0.685. The molecule has 4 nitrogen and oxygen atoms in total. The van der Waals surface area contributed by atoms with E-state index in [2.05, 4.69) is 52.9 Å². The molecule has 1 aliphatic heterocycles. The molecular formula is C19H17N3OS. The average molecular weight is 335 g/mol. The van der Waals surface area contributed by atoms with Crippen molar-refractivity contribution < 1.29 is 5.11 Å². The largest absolute Gasteiger partial charge is 0.493 e. The maximum absolute atomic E-state index is 10.5. The van der Waals surface area contributed by atoms with Gasteiger partial charge in [-0.25, -0.2) is 0 Å². The Labute approximate surface area is 144 Å². The summed E-state index contributed by atoms with van der Waals surface area (Å²) < 4.78 is 4.40. The van der Waals surface area contributed by atoms with Crippen LogP contribution in [0.25, 0.3) is 21.7 Å². The van der Waals surface area contributed by atoms with E-state index in [1.807, 2.05) is 7.05 Å². The lowest BCUT2D eigenvalue weighted by molar-refractivity contribution is 0.423. The molecule has 0 saturated carbocycles. The third-order valence-electron chi connectivity index (χ3n) is 5.33. The molecule has 0 aliphatic carbocycles. The first-order chi connectivity index (χ1) is 11.6. The quantitative estimate of drug-likeness (QED) is 0.468. The molecule has 24 heavy (non-hydrogen) atoms. The predicted octanol–water partition coefficient (Wildman–Crippen LogP) is 4.41. The van der Waals surface area contributed by atoms with Gasteiger partial charge < -0.3 is 14.7 Å². The minimum Gasteiger partial charge on any atom is -0.493 e. The number of aromatic hydroxyl groups is 1. The molecule has 0 spiro atoms. The van der Waals surface area contributed by atoms with Crippen LogP contribution < -0.4 is 0 Å². The molecule has 2 aromatic heterocycles. The van der Waals surface area contributed by atoms with Gasteiger partial charge in [0.05, 0.1) is 11.7 Å². The number of rotatable bonds is 0. The summed E-state index contributed by atoms with van der Waals surface area (Å²) in [7, 11) is 1.82. The van der Waals surface area contributed by atoms with Crippen LogP contribution >= 0.6 is 12.2 Å². The molecule has 2 N–H and O–H groups in total. The number of benzene rings is 2. The Kier molecular flexibility index (Phi) is 2.61. The summed E-state index contributed by atoms with van der Waals surface area (Å²) in [5, 5.41) is 14.2. The summed E-state index contributed by atoms with van der Waals surface area (Å²) in [4.78, 5) is 3.60. The highest BCUT2D eigenvalue weighted by molar-refractivity contribution is 7.71. The Morgan fingerprint density at radius 3 is 2.83 bits per heavy atom. The van der Waals surface area contributed by atoms with Crippen molar-refractivity contribution in [2.75, 3.05) is 0 Å². The number of nitrogens with zero attached hydrogens (tertiary/aromatic N) is 2. The van der Waals surface area contributed by atoms with Crippen LogP contribution in [0.3, 0.4) is 0 Å². The third kappa shape index (κ3) is 1.55. The Bertz CT molecular complexity index is 1190. The Balaban J connectivity index is 1.90. The van der Waals surface area contributed by atoms with Gasteiger partial charge in [-0.3, -0.25) is 4.57 Å². The normalized spacial score (nSPS) is 16.5. The zero-order chi connectivity index (χ0) is 16.6. The van der Waals surface area contributed by atoms with Crippen molar-refractivity contribution in [2.45, 2.75) is 19.4 Å². The van der Waals surface area contributed by atoms with E-state index in [0.717, 1.165) is 11.2 Å². The molecule has 2 aromatic carbocycles. The molecule has 0 radical (unpaired) electrons. The fraction of sp³-hybridized carbons (Fsp3) is 0.211. The van der Waals surface area contributed by atoms with Gasteiger partial charge in [-0.15, -0.1) is 0 Å².